The van der Waals surface area contributed by atoms with Crippen LogP contribution in [0.15, 0.2) is 6.20 Å². The van der Waals surface area contributed by atoms with Crippen molar-refractivity contribution < 1.29 is 4.79 Å². The summed E-state index contributed by atoms with van der Waals surface area (Å²) in [4.78, 5) is 12.1. The van der Waals surface area contributed by atoms with Crippen molar-refractivity contribution >= 4 is 5.91 Å². The van der Waals surface area contributed by atoms with Crippen LogP contribution in [0.5, 0.6) is 0 Å². The number of aryl methyl sites for hydroxylation is 2. The Hall–Kier alpha value is -1.36. The Morgan fingerprint density at radius 2 is 2.39 bits per heavy atom. The van der Waals surface area contributed by atoms with E-state index in [0.717, 1.165) is 30.8 Å². The summed E-state index contributed by atoms with van der Waals surface area (Å²) in [6.07, 6.45) is 2.88. The number of aromatic nitrogens is 2. The Morgan fingerprint density at radius 3 is 3.00 bits per heavy atom. The van der Waals surface area contributed by atoms with Gasteiger partial charge in [0, 0.05) is 31.9 Å². The molecular weight excluding hydrogens is 228 g/mol. The van der Waals surface area contributed by atoms with Gasteiger partial charge in [-0.1, -0.05) is 13.8 Å². The van der Waals surface area contributed by atoms with Gasteiger partial charge in [-0.05, 0) is 18.9 Å². The molecule has 1 aromatic heterocycles. The second kappa shape index (κ2) is 5.52. The molecule has 0 saturated carbocycles. The van der Waals surface area contributed by atoms with Crippen molar-refractivity contribution in [2.24, 2.45) is 18.9 Å². The Labute approximate surface area is 108 Å². The van der Waals surface area contributed by atoms with Crippen molar-refractivity contribution in [2.75, 3.05) is 13.1 Å². The highest BCUT2D eigenvalue weighted by Crippen LogP contribution is 2.16. The van der Waals surface area contributed by atoms with E-state index in [0.29, 0.717) is 12.5 Å². The third-order valence-electron chi connectivity index (χ3n) is 3.63. The van der Waals surface area contributed by atoms with Crippen LogP contribution in [-0.2, 0) is 24.8 Å². The number of hydrogen-bond donors (Lipinski definition) is 2. The number of carbonyl (C=O) groups excluding carboxylic acids is 1. The lowest BCUT2D eigenvalue weighted by Gasteiger charge is -2.13. The molecule has 2 atom stereocenters. The van der Waals surface area contributed by atoms with Crippen molar-refractivity contribution in [1.29, 1.82) is 0 Å². The second-order valence-electron chi connectivity index (χ2n) is 5.09. The average Bonchev–Trinajstić information content (AvgIpc) is 2.92. The van der Waals surface area contributed by atoms with Crippen molar-refractivity contribution in [2.45, 2.75) is 26.8 Å². The molecule has 1 aliphatic heterocycles. The highest BCUT2D eigenvalue weighted by Gasteiger charge is 2.29. The number of nitrogens with zero attached hydrogens (tertiary/aromatic N) is 2. The SMILES string of the molecule is CCc1nn(C)cc1CNC(=O)[C@@H]1CNC[C@H]1C. The van der Waals surface area contributed by atoms with Crippen LogP contribution in [0.25, 0.3) is 0 Å². The van der Waals surface area contributed by atoms with E-state index in [1.165, 1.54) is 0 Å². The van der Waals surface area contributed by atoms with E-state index in [9.17, 15) is 4.79 Å². The first kappa shape index (κ1) is 13.1. The van der Waals surface area contributed by atoms with E-state index in [4.69, 9.17) is 0 Å². The van der Waals surface area contributed by atoms with Gasteiger partial charge in [0.25, 0.3) is 0 Å². The molecule has 2 rings (SSSR count). The molecule has 0 radical (unpaired) electrons. The number of amides is 1. The van der Waals surface area contributed by atoms with Crippen LogP contribution in [0.1, 0.15) is 25.1 Å². The molecule has 1 aromatic rings. The molecule has 2 heterocycles. The minimum atomic E-state index is 0.103. The first-order chi connectivity index (χ1) is 8.61. The summed E-state index contributed by atoms with van der Waals surface area (Å²) >= 11 is 0. The lowest BCUT2D eigenvalue weighted by Crippen LogP contribution is -2.34. The van der Waals surface area contributed by atoms with Gasteiger partial charge < -0.3 is 10.6 Å². The highest BCUT2D eigenvalue weighted by molar-refractivity contribution is 5.79. The van der Waals surface area contributed by atoms with Gasteiger partial charge in [-0.3, -0.25) is 9.48 Å². The molecule has 0 unspecified atom stereocenters. The zero-order chi connectivity index (χ0) is 13.1. The van der Waals surface area contributed by atoms with Gasteiger partial charge in [0.05, 0.1) is 11.6 Å². The molecule has 1 fully saturated rings. The van der Waals surface area contributed by atoms with Crippen LogP contribution in [0.3, 0.4) is 0 Å². The Morgan fingerprint density at radius 1 is 1.61 bits per heavy atom. The summed E-state index contributed by atoms with van der Waals surface area (Å²) in [5.41, 5.74) is 2.18. The van der Waals surface area contributed by atoms with Gasteiger partial charge in [0.15, 0.2) is 0 Å². The molecule has 2 N–H and O–H groups in total. The fourth-order valence-electron chi connectivity index (χ4n) is 2.50. The number of nitrogens with one attached hydrogen (secondary N) is 2. The summed E-state index contributed by atoms with van der Waals surface area (Å²) in [5, 5.41) is 10.7. The third-order valence-corrected chi connectivity index (χ3v) is 3.63. The largest absolute Gasteiger partial charge is 0.352 e. The maximum absolute atomic E-state index is 12.1. The fourth-order valence-corrected chi connectivity index (χ4v) is 2.50. The van der Waals surface area contributed by atoms with Gasteiger partial charge in [-0.15, -0.1) is 0 Å². The molecule has 5 nitrogen and oxygen atoms in total. The van der Waals surface area contributed by atoms with E-state index in [1.807, 2.05) is 13.2 Å². The minimum Gasteiger partial charge on any atom is -0.352 e. The second-order valence-corrected chi connectivity index (χ2v) is 5.09. The van der Waals surface area contributed by atoms with Crippen LogP contribution in [0, 0.1) is 11.8 Å². The zero-order valence-electron chi connectivity index (χ0n) is 11.4. The summed E-state index contributed by atoms with van der Waals surface area (Å²) in [6.45, 7) is 6.51. The first-order valence-corrected chi connectivity index (χ1v) is 6.61. The van der Waals surface area contributed by atoms with Gasteiger partial charge >= 0.3 is 0 Å². The standard InChI is InChI=1S/C13H22N4O/c1-4-12-10(8-17(3)16-12)6-15-13(18)11-7-14-5-9(11)2/h8-9,11,14H,4-7H2,1-3H3,(H,15,18)/t9-,11-/m1/s1. The lowest BCUT2D eigenvalue weighted by molar-refractivity contribution is -0.125. The monoisotopic (exact) mass is 250 g/mol. The smallest absolute Gasteiger partial charge is 0.224 e. The number of rotatable bonds is 4. The predicted molar refractivity (Wildman–Crippen MR) is 70.0 cm³/mol. The summed E-state index contributed by atoms with van der Waals surface area (Å²) in [5.74, 6) is 0.676. The zero-order valence-corrected chi connectivity index (χ0v) is 11.4. The van der Waals surface area contributed by atoms with Crippen molar-refractivity contribution in [1.82, 2.24) is 20.4 Å². The summed E-state index contributed by atoms with van der Waals surface area (Å²) in [6, 6.07) is 0. The van der Waals surface area contributed by atoms with Crippen LogP contribution in [0.4, 0.5) is 0 Å². The quantitative estimate of drug-likeness (QED) is 0.816. The molecule has 1 amide bonds. The third kappa shape index (κ3) is 2.72. The maximum Gasteiger partial charge on any atom is 0.224 e. The molecular formula is C13H22N4O. The normalized spacial score (nSPS) is 23.3. The van der Waals surface area contributed by atoms with Crippen LogP contribution < -0.4 is 10.6 Å². The molecule has 1 saturated heterocycles. The van der Waals surface area contributed by atoms with E-state index in [2.05, 4.69) is 29.6 Å². The lowest BCUT2D eigenvalue weighted by atomic mass is 9.97. The first-order valence-electron chi connectivity index (χ1n) is 6.61. The van der Waals surface area contributed by atoms with Gasteiger partial charge in [-0.25, -0.2) is 0 Å². The molecule has 0 bridgehead atoms. The average molecular weight is 250 g/mol. The maximum atomic E-state index is 12.1. The topological polar surface area (TPSA) is 59.0 Å². The molecule has 0 aliphatic carbocycles. The van der Waals surface area contributed by atoms with Crippen LogP contribution in [0.2, 0.25) is 0 Å². The molecule has 18 heavy (non-hydrogen) atoms. The van der Waals surface area contributed by atoms with Crippen molar-refractivity contribution in [3.05, 3.63) is 17.5 Å². The Kier molecular flexibility index (Phi) is 4.01. The van der Waals surface area contributed by atoms with Crippen LogP contribution >= 0.6 is 0 Å². The van der Waals surface area contributed by atoms with Gasteiger partial charge in [-0.2, -0.15) is 5.10 Å². The molecule has 0 spiro atoms. The molecule has 0 aromatic carbocycles. The number of carbonyl (C=O) groups is 1. The number of hydrogen-bond acceptors (Lipinski definition) is 3. The van der Waals surface area contributed by atoms with Crippen molar-refractivity contribution in [3.63, 3.8) is 0 Å². The Balaban J connectivity index is 1.92. The molecule has 100 valence electrons. The predicted octanol–water partition coefficient (Wildman–Crippen LogP) is 0.454. The van der Waals surface area contributed by atoms with E-state index >= 15 is 0 Å². The summed E-state index contributed by atoms with van der Waals surface area (Å²) < 4.78 is 1.81. The van der Waals surface area contributed by atoms with Gasteiger partial charge in [0.2, 0.25) is 5.91 Å². The fraction of sp³-hybridized carbons (Fsp3) is 0.692. The summed E-state index contributed by atoms with van der Waals surface area (Å²) in [7, 11) is 1.91. The van der Waals surface area contributed by atoms with E-state index < -0.39 is 0 Å². The van der Waals surface area contributed by atoms with E-state index in [-0.39, 0.29) is 11.8 Å². The van der Waals surface area contributed by atoms with Crippen LogP contribution in [-0.4, -0.2) is 28.8 Å². The minimum absolute atomic E-state index is 0.103. The van der Waals surface area contributed by atoms with Gasteiger partial charge in [0.1, 0.15) is 0 Å². The van der Waals surface area contributed by atoms with E-state index in [1.54, 1.807) is 4.68 Å². The Bertz CT molecular complexity index is 427. The molecule has 5 heteroatoms. The van der Waals surface area contributed by atoms with Crippen molar-refractivity contribution in [3.8, 4) is 0 Å². The molecule has 1 aliphatic rings. The highest BCUT2D eigenvalue weighted by atomic mass is 16.1.